The highest BCUT2D eigenvalue weighted by Gasteiger charge is 2.29. The van der Waals surface area contributed by atoms with Gasteiger partial charge in [-0.25, -0.2) is 4.39 Å². The summed E-state index contributed by atoms with van der Waals surface area (Å²) in [6.07, 6.45) is 2.36. The van der Waals surface area contributed by atoms with Crippen LogP contribution < -0.4 is 15.5 Å². The molecule has 1 heterocycles. The van der Waals surface area contributed by atoms with Crippen molar-refractivity contribution in [2.75, 3.05) is 51.7 Å². The molecule has 0 radical (unpaired) electrons. The second-order valence-electron chi connectivity index (χ2n) is 8.28. The van der Waals surface area contributed by atoms with Crippen LogP contribution in [-0.4, -0.2) is 63.6 Å². The number of hydrogen-bond acceptors (Lipinski definition) is 3. The van der Waals surface area contributed by atoms with Gasteiger partial charge in [0.05, 0.1) is 0 Å². The molecular weight excluding hydrogens is 405 g/mol. The number of carbonyl (C=O) groups excluding carboxylic acids is 1. The van der Waals surface area contributed by atoms with Crippen molar-refractivity contribution in [2.45, 2.75) is 19.3 Å². The number of guanidine groups is 1. The number of nitrogens with zero attached hydrogens (tertiary/aromatic N) is 3. The molecule has 1 amide bonds. The lowest BCUT2D eigenvalue weighted by atomic mass is 10.1. The summed E-state index contributed by atoms with van der Waals surface area (Å²) in [7, 11) is 3.71. The minimum atomic E-state index is -0.221. The van der Waals surface area contributed by atoms with Crippen LogP contribution >= 0.6 is 0 Å². The Hall–Kier alpha value is -3.09. The first-order valence-electron chi connectivity index (χ1n) is 11.3. The fraction of sp³-hybridized carbons (Fsp3) is 0.440. The molecule has 7 heteroatoms. The Balaban J connectivity index is 1.33. The predicted octanol–water partition coefficient (Wildman–Crippen LogP) is 2.91. The molecule has 1 aliphatic heterocycles. The first kappa shape index (κ1) is 23.6. The number of halogens is 1. The summed E-state index contributed by atoms with van der Waals surface area (Å²) < 4.78 is 13.4. The zero-order chi connectivity index (χ0) is 22.8. The minimum Gasteiger partial charge on any atom is -0.374 e. The SMILES string of the molecule is CN=C(NCCCN(C)c1cccc(F)c1)NCC1CC(=O)N(CCc2ccccc2)C1. The second kappa shape index (κ2) is 12.1. The molecule has 1 saturated heterocycles. The molecule has 3 rings (SSSR count). The van der Waals surface area contributed by atoms with Crippen LogP contribution in [0.15, 0.2) is 59.6 Å². The molecule has 0 spiro atoms. The summed E-state index contributed by atoms with van der Waals surface area (Å²) >= 11 is 0. The highest BCUT2D eigenvalue weighted by atomic mass is 19.1. The molecule has 1 fully saturated rings. The summed E-state index contributed by atoms with van der Waals surface area (Å²) in [5, 5.41) is 6.67. The van der Waals surface area contributed by atoms with Crippen LogP contribution in [-0.2, 0) is 11.2 Å². The topological polar surface area (TPSA) is 60.0 Å². The van der Waals surface area contributed by atoms with Crippen LogP contribution in [0.5, 0.6) is 0 Å². The fourth-order valence-electron chi connectivity index (χ4n) is 3.94. The molecule has 172 valence electrons. The smallest absolute Gasteiger partial charge is 0.223 e. The summed E-state index contributed by atoms with van der Waals surface area (Å²) in [5.41, 5.74) is 2.13. The lowest BCUT2D eigenvalue weighted by Crippen LogP contribution is -2.41. The van der Waals surface area contributed by atoms with Gasteiger partial charge in [0, 0.05) is 64.8 Å². The number of carbonyl (C=O) groups is 1. The summed E-state index contributed by atoms with van der Waals surface area (Å²) in [6, 6.07) is 16.9. The van der Waals surface area contributed by atoms with E-state index < -0.39 is 0 Å². The maximum atomic E-state index is 13.4. The van der Waals surface area contributed by atoms with Crippen LogP contribution in [0.3, 0.4) is 0 Å². The van der Waals surface area contributed by atoms with Gasteiger partial charge in [-0.05, 0) is 36.6 Å². The van der Waals surface area contributed by atoms with E-state index in [-0.39, 0.29) is 17.6 Å². The molecule has 2 aromatic carbocycles. The normalized spacial score (nSPS) is 16.3. The van der Waals surface area contributed by atoms with Gasteiger partial charge in [0.25, 0.3) is 0 Å². The van der Waals surface area contributed by atoms with Crippen molar-refractivity contribution >= 4 is 17.6 Å². The number of benzene rings is 2. The van der Waals surface area contributed by atoms with Crippen molar-refractivity contribution in [2.24, 2.45) is 10.9 Å². The molecule has 0 bridgehead atoms. The van der Waals surface area contributed by atoms with Crippen LogP contribution in [0.4, 0.5) is 10.1 Å². The van der Waals surface area contributed by atoms with Crippen LogP contribution in [0.25, 0.3) is 0 Å². The monoisotopic (exact) mass is 439 g/mol. The number of hydrogen-bond donors (Lipinski definition) is 2. The predicted molar refractivity (Wildman–Crippen MR) is 128 cm³/mol. The molecule has 32 heavy (non-hydrogen) atoms. The Morgan fingerprint density at radius 1 is 1.19 bits per heavy atom. The van der Waals surface area contributed by atoms with Crippen LogP contribution in [0.2, 0.25) is 0 Å². The van der Waals surface area contributed by atoms with Gasteiger partial charge in [-0.2, -0.15) is 0 Å². The number of likely N-dealkylation sites (tertiary alicyclic amines) is 1. The van der Waals surface area contributed by atoms with Gasteiger partial charge in [0.1, 0.15) is 5.82 Å². The average Bonchev–Trinajstić information content (AvgIpc) is 3.17. The quantitative estimate of drug-likeness (QED) is 0.340. The van der Waals surface area contributed by atoms with Gasteiger partial charge in [0.15, 0.2) is 5.96 Å². The van der Waals surface area contributed by atoms with E-state index in [9.17, 15) is 9.18 Å². The lowest BCUT2D eigenvalue weighted by molar-refractivity contribution is -0.127. The van der Waals surface area contributed by atoms with Crippen molar-refractivity contribution in [3.63, 3.8) is 0 Å². The van der Waals surface area contributed by atoms with Gasteiger partial charge in [-0.15, -0.1) is 0 Å². The molecule has 0 aromatic heterocycles. The van der Waals surface area contributed by atoms with Crippen molar-refractivity contribution in [1.82, 2.24) is 15.5 Å². The highest BCUT2D eigenvalue weighted by molar-refractivity contribution is 5.80. The van der Waals surface area contributed by atoms with Crippen molar-refractivity contribution in [1.29, 1.82) is 0 Å². The Labute approximate surface area is 190 Å². The largest absolute Gasteiger partial charge is 0.374 e. The van der Waals surface area contributed by atoms with E-state index in [1.807, 2.05) is 41.1 Å². The third-order valence-electron chi connectivity index (χ3n) is 5.80. The molecule has 0 aliphatic carbocycles. The number of aliphatic imine (C=N–C) groups is 1. The fourth-order valence-corrected chi connectivity index (χ4v) is 3.94. The van der Waals surface area contributed by atoms with Gasteiger partial charge in [0.2, 0.25) is 5.91 Å². The van der Waals surface area contributed by atoms with Crippen molar-refractivity contribution in [3.05, 3.63) is 66.0 Å². The lowest BCUT2D eigenvalue weighted by Gasteiger charge is -2.20. The van der Waals surface area contributed by atoms with Gasteiger partial charge >= 0.3 is 0 Å². The molecular formula is C25H34FN5O. The summed E-state index contributed by atoms with van der Waals surface area (Å²) in [5.74, 6) is 1.04. The summed E-state index contributed by atoms with van der Waals surface area (Å²) in [4.78, 5) is 20.6. The molecule has 1 unspecified atom stereocenters. The van der Waals surface area contributed by atoms with E-state index >= 15 is 0 Å². The molecule has 0 saturated carbocycles. The zero-order valence-electron chi connectivity index (χ0n) is 19.1. The highest BCUT2D eigenvalue weighted by Crippen LogP contribution is 2.18. The van der Waals surface area contributed by atoms with Gasteiger partial charge < -0.3 is 20.4 Å². The van der Waals surface area contributed by atoms with Crippen LogP contribution in [0.1, 0.15) is 18.4 Å². The van der Waals surface area contributed by atoms with E-state index in [2.05, 4.69) is 27.8 Å². The Morgan fingerprint density at radius 3 is 2.75 bits per heavy atom. The van der Waals surface area contributed by atoms with Gasteiger partial charge in [-0.3, -0.25) is 9.79 Å². The second-order valence-corrected chi connectivity index (χ2v) is 8.28. The van der Waals surface area contributed by atoms with Gasteiger partial charge in [-0.1, -0.05) is 36.4 Å². The van der Waals surface area contributed by atoms with E-state index in [1.165, 1.54) is 11.6 Å². The Bertz CT molecular complexity index is 889. The van der Waals surface area contributed by atoms with E-state index in [0.717, 1.165) is 57.2 Å². The number of amides is 1. The molecule has 1 atom stereocenters. The zero-order valence-corrected chi connectivity index (χ0v) is 19.1. The first-order valence-corrected chi connectivity index (χ1v) is 11.3. The number of nitrogens with one attached hydrogen (secondary N) is 2. The third kappa shape index (κ3) is 7.25. The molecule has 1 aliphatic rings. The standard InChI is InChI=1S/C25H34FN5O/c1-27-25(28-13-7-14-30(2)23-11-6-10-22(26)17-23)29-18-21-16-24(32)31(19-21)15-12-20-8-4-3-5-9-20/h3-6,8-11,17,21H,7,12-16,18-19H2,1-2H3,(H2,27,28,29). The summed E-state index contributed by atoms with van der Waals surface area (Å²) in [6.45, 7) is 3.84. The number of rotatable bonds is 10. The minimum absolute atomic E-state index is 0.221. The van der Waals surface area contributed by atoms with E-state index in [1.54, 1.807) is 19.2 Å². The van der Waals surface area contributed by atoms with Crippen LogP contribution in [0, 0.1) is 11.7 Å². The first-order chi connectivity index (χ1) is 15.5. The number of anilines is 1. The molecule has 6 nitrogen and oxygen atoms in total. The Morgan fingerprint density at radius 2 is 2.00 bits per heavy atom. The van der Waals surface area contributed by atoms with E-state index in [4.69, 9.17) is 0 Å². The Kier molecular flexibility index (Phi) is 8.90. The van der Waals surface area contributed by atoms with Crippen molar-refractivity contribution < 1.29 is 9.18 Å². The average molecular weight is 440 g/mol. The molecule has 2 N–H and O–H groups in total. The molecule has 2 aromatic rings. The van der Waals surface area contributed by atoms with E-state index in [0.29, 0.717) is 6.42 Å². The maximum Gasteiger partial charge on any atom is 0.223 e. The third-order valence-corrected chi connectivity index (χ3v) is 5.80. The van der Waals surface area contributed by atoms with Crippen molar-refractivity contribution in [3.8, 4) is 0 Å². The maximum absolute atomic E-state index is 13.4.